The number of pyridine rings is 1. The molecule has 4 aromatic rings. The Balaban J connectivity index is 1.43. The highest BCUT2D eigenvalue weighted by atomic mass is 19.4. The zero-order valence-electron chi connectivity index (χ0n) is 23.9. The molecule has 236 valence electrons. The van der Waals surface area contributed by atoms with Gasteiger partial charge in [-0.2, -0.15) is 26.3 Å². The van der Waals surface area contributed by atoms with Crippen molar-refractivity contribution < 1.29 is 31.1 Å². The number of hydrogen-bond acceptors (Lipinski definition) is 7. The standard InChI is InChI=1S/C32H28F6N4O3/c1-3-16-15-42-9-7-17(16)10-25(42)26(22-6-8-39-24-5-4-21(45-2)14-23(22)24)41-28-27(29(43)30(28)44)40-20-12-18(31(33,34)35)11-19(13-20)32(36,37)38/h3-6,8,11-14,16-17,25-26,40-41H,1,7,9-10,15H2,2H3/t16-,17?,25?,26+/m0/s1. The maximum absolute atomic E-state index is 13.5. The Labute approximate surface area is 253 Å². The number of benzene rings is 2. The summed E-state index contributed by atoms with van der Waals surface area (Å²) in [6, 6.07) is 7.29. The lowest BCUT2D eigenvalue weighted by Crippen LogP contribution is -2.56. The van der Waals surface area contributed by atoms with Crippen molar-refractivity contribution in [1.82, 2.24) is 9.88 Å². The molecular formula is C32H28F6N4O3. The molecule has 3 unspecified atom stereocenters. The van der Waals surface area contributed by atoms with Crippen LogP contribution < -0.4 is 26.2 Å². The molecule has 7 rings (SSSR count). The van der Waals surface area contributed by atoms with Crippen LogP contribution in [0.5, 0.6) is 5.75 Å². The number of alkyl halides is 6. The second kappa shape index (κ2) is 11.2. The minimum Gasteiger partial charge on any atom is -0.497 e. The van der Waals surface area contributed by atoms with Crippen molar-refractivity contribution in [3.63, 3.8) is 0 Å². The lowest BCUT2D eigenvalue weighted by Gasteiger charge is -2.52. The number of piperidine rings is 3. The summed E-state index contributed by atoms with van der Waals surface area (Å²) in [6.45, 7) is 5.48. The van der Waals surface area contributed by atoms with Gasteiger partial charge in [0.25, 0.3) is 10.9 Å². The Hall–Kier alpha value is -4.39. The number of methoxy groups -OCH3 is 1. The maximum atomic E-state index is 13.5. The summed E-state index contributed by atoms with van der Waals surface area (Å²) in [5.41, 5.74) is -4.95. The first-order valence-corrected chi connectivity index (χ1v) is 14.2. The summed E-state index contributed by atoms with van der Waals surface area (Å²) in [5.74, 6) is 1.16. The van der Waals surface area contributed by atoms with Gasteiger partial charge in [0.15, 0.2) is 0 Å². The van der Waals surface area contributed by atoms with Gasteiger partial charge in [-0.25, -0.2) is 0 Å². The van der Waals surface area contributed by atoms with Crippen molar-refractivity contribution in [3.05, 3.63) is 98.5 Å². The van der Waals surface area contributed by atoms with E-state index in [1.807, 2.05) is 6.08 Å². The average molecular weight is 631 g/mol. The molecule has 1 aromatic heterocycles. The van der Waals surface area contributed by atoms with E-state index >= 15 is 0 Å². The van der Waals surface area contributed by atoms with E-state index in [2.05, 4.69) is 27.1 Å². The molecule has 0 saturated carbocycles. The monoisotopic (exact) mass is 630 g/mol. The number of nitrogens with one attached hydrogen (secondary N) is 2. The first kappa shape index (κ1) is 30.6. The summed E-state index contributed by atoms with van der Waals surface area (Å²) in [7, 11) is 1.52. The summed E-state index contributed by atoms with van der Waals surface area (Å²) in [5, 5.41) is 6.30. The van der Waals surface area contributed by atoms with Crippen LogP contribution in [0.1, 0.15) is 35.6 Å². The normalized spacial score (nSPS) is 22.4. The van der Waals surface area contributed by atoms with Gasteiger partial charge >= 0.3 is 12.4 Å². The minimum absolute atomic E-state index is 0.00556. The number of hydrogen-bond donors (Lipinski definition) is 2. The largest absolute Gasteiger partial charge is 0.497 e. The maximum Gasteiger partial charge on any atom is 0.416 e. The molecule has 45 heavy (non-hydrogen) atoms. The molecule has 0 spiro atoms. The molecule has 3 aliphatic rings. The Morgan fingerprint density at radius 1 is 1.00 bits per heavy atom. The van der Waals surface area contributed by atoms with E-state index < -0.39 is 51.8 Å². The molecule has 3 aromatic carbocycles. The smallest absolute Gasteiger partial charge is 0.416 e. The highest BCUT2D eigenvalue weighted by Crippen LogP contribution is 2.44. The van der Waals surface area contributed by atoms with Gasteiger partial charge in [0.2, 0.25) is 0 Å². The Kier molecular flexibility index (Phi) is 7.62. The van der Waals surface area contributed by atoms with Crippen LogP contribution in [0, 0.1) is 11.8 Å². The predicted octanol–water partition coefficient (Wildman–Crippen LogP) is 6.67. The number of halogens is 6. The van der Waals surface area contributed by atoms with E-state index in [1.165, 1.54) is 7.11 Å². The fourth-order valence-electron chi connectivity index (χ4n) is 6.63. The molecule has 3 aliphatic heterocycles. The predicted molar refractivity (Wildman–Crippen MR) is 158 cm³/mol. The van der Waals surface area contributed by atoms with E-state index in [4.69, 9.17) is 4.74 Å². The van der Waals surface area contributed by atoms with Crippen LogP contribution in [-0.4, -0.2) is 36.1 Å². The summed E-state index contributed by atoms with van der Waals surface area (Å²) in [4.78, 5) is 32.4. The molecule has 4 heterocycles. The first-order chi connectivity index (χ1) is 21.3. The number of fused-ring (bicyclic) bond motifs is 4. The molecule has 0 amide bonds. The fourth-order valence-corrected chi connectivity index (χ4v) is 6.63. The van der Waals surface area contributed by atoms with Gasteiger partial charge < -0.3 is 15.4 Å². The van der Waals surface area contributed by atoms with Crippen LogP contribution in [-0.2, 0) is 12.4 Å². The Morgan fingerprint density at radius 3 is 2.29 bits per heavy atom. The van der Waals surface area contributed by atoms with Crippen molar-refractivity contribution >= 4 is 28.0 Å². The zero-order chi connectivity index (χ0) is 32.3. The number of nitrogens with zero attached hydrogens (tertiary/aromatic N) is 2. The van der Waals surface area contributed by atoms with Crippen LogP contribution >= 0.6 is 0 Å². The lowest BCUT2D eigenvalue weighted by atomic mass is 9.73. The molecule has 13 heteroatoms. The van der Waals surface area contributed by atoms with E-state index in [0.29, 0.717) is 29.3 Å². The van der Waals surface area contributed by atoms with Gasteiger partial charge in [-0.15, -0.1) is 6.58 Å². The van der Waals surface area contributed by atoms with Gasteiger partial charge in [-0.3, -0.25) is 19.5 Å². The van der Waals surface area contributed by atoms with Crippen LogP contribution in [0.25, 0.3) is 10.9 Å². The highest BCUT2D eigenvalue weighted by molar-refractivity contribution is 5.85. The third-order valence-electron chi connectivity index (χ3n) is 8.92. The molecule has 0 radical (unpaired) electrons. The lowest BCUT2D eigenvalue weighted by molar-refractivity contribution is -0.143. The van der Waals surface area contributed by atoms with Crippen molar-refractivity contribution in [1.29, 1.82) is 0 Å². The fraction of sp³-hybridized carbons (Fsp3) is 0.344. The van der Waals surface area contributed by atoms with Crippen LogP contribution in [0.3, 0.4) is 0 Å². The first-order valence-electron chi connectivity index (χ1n) is 14.2. The molecule has 2 N–H and O–H groups in total. The summed E-state index contributed by atoms with van der Waals surface area (Å²) < 4.78 is 86.4. The Bertz CT molecular complexity index is 1810. The molecule has 2 bridgehead atoms. The molecule has 5 atom stereocenters. The summed E-state index contributed by atoms with van der Waals surface area (Å²) >= 11 is 0. The van der Waals surface area contributed by atoms with E-state index in [-0.39, 0.29) is 23.7 Å². The second-order valence-electron chi connectivity index (χ2n) is 11.5. The SMILES string of the molecule is C=C[C@H]1CN2CCC1CC2[C@H](Nc1c(Nc2cc(C(F)(F)F)cc(C(F)(F)F)c2)c(=O)c1=O)c1ccnc2ccc(OC)cc12. The zero-order valence-corrected chi connectivity index (χ0v) is 23.9. The van der Waals surface area contributed by atoms with Gasteiger partial charge in [0.1, 0.15) is 17.1 Å². The third kappa shape index (κ3) is 5.65. The third-order valence-corrected chi connectivity index (χ3v) is 8.92. The number of ether oxygens (including phenoxy) is 1. The number of aromatic nitrogens is 1. The van der Waals surface area contributed by atoms with Gasteiger partial charge in [-0.05, 0) is 79.3 Å². The van der Waals surface area contributed by atoms with Crippen LogP contribution in [0.15, 0.2) is 70.9 Å². The van der Waals surface area contributed by atoms with Crippen molar-refractivity contribution in [2.45, 2.75) is 37.3 Å². The minimum atomic E-state index is -5.08. The van der Waals surface area contributed by atoms with E-state index in [9.17, 15) is 35.9 Å². The quantitative estimate of drug-likeness (QED) is 0.128. The van der Waals surface area contributed by atoms with Crippen LogP contribution in [0.2, 0.25) is 0 Å². The summed E-state index contributed by atoms with van der Waals surface area (Å²) in [6.07, 6.45) is -4.94. The topological polar surface area (TPSA) is 83.6 Å². The van der Waals surface area contributed by atoms with Gasteiger partial charge in [0, 0.05) is 29.9 Å². The molecule has 0 aliphatic carbocycles. The van der Waals surface area contributed by atoms with E-state index in [1.54, 1.807) is 30.5 Å². The van der Waals surface area contributed by atoms with E-state index in [0.717, 1.165) is 36.9 Å². The van der Waals surface area contributed by atoms with Gasteiger partial charge in [0.05, 0.1) is 29.8 Å². The molecule has 3 saturated heterocycles. The molecule has 3 fully saturated rings. The second-order valence-corrected chi connectivity index (χ2v) is 11.5. The van der Waals surface area contributed by atoms with Gasteiger partial charge in [-0.1, -0.05) is 6.08 Å². The number of anilines is 3. The molecular weight excluding hydrogens is 602 g/mol. The highest BCUT2D eigenvalue weighted by Gasteiger charge is 2.44. The number of rotatable bonds is 8. The van der Waals surface area contributed by atoms with Crippen LogP contribution in [0.4, 0.5) is 43.4 Å². The average Bonchev–Trinajstić information content (AvgIpc) is 3.03. The van der Waals surface area contributed by atoms with Crippen molar-refractivity contribution in [2.24, 2.45) is 11.8 Å². The van der Waals surface area contributed by atoms with Crippen molar-refractivity contribution in [2.75, 3.05) is 30.8 Å². The Morgan fingerprint density at radius 2 is 1.69 bits per heavy atom. The van der Waals surface area contributed by atoms with Crippen molar-refractivity contribution in [3.8, 4) is 5.75 Å². The molecule has 7 nitrogen and oxygen atoms in total.